The number of nitrogens with one attached hydrogen (secondary N) is 1. The van der Waals surface area contributed by atoms with Crippen molar-refractivity contribution in [2.45, 2.75) is 25.4 Å². The van der Waals surface area contributed by atoms with Crippen molar-refractivity contribution in [2.24, 2.45) is 7.05 Å². The molecule has 0 bridgehead atoms. The fourth-order valence-electron chi connectivity index (χ4n) is 3.61. The summed E-state index contributed by atoms with van der Waals surface area (Å²) < 4.78 is 23.1. The first kappa shape index (κ1) is 20.0. The zero-order valence-corrected chi connectivity index (χ0v) is 17.4. The van der Waals surface area contributed by atoms with Crippen LogP contribution in [0, 0.1) is 5.82 Å². The number of amides is 1. The number of rotatable bonds is 7. The van der Waals surface area contributed by atoms with E-state index in [1.54, 1.807) is 48.2 Å². The number of aromatic nitrogens is 5. The Hall–Kier alpha value is -3.95. The predicted molar refractivity (Wildman–Crippen MR) is 113 cm³/mol. The molecule has 3 heterocycles. The van der Waals surface area contributed by atoms with E-state index in [1.807, 2.05) is 0 Å². The van der Waals surface area contributed by atoms with Gasteiger partial charge in [-0.15, -0.1) is 5.10 Å². The Bertz CT molecular complexity index is 1310. The van der Waals surface area contributed by atoms with Crippen molar-refractivity contribution >= 4 is 5.91 Å². The summed E-state index contributed by atoms with van der Waals surface area (Å²) in [7, 11) is 1.67. The van der Waals surface area contributed by atoms with Gasteiger partial charge in [-0.05, 0) is 55.3 Å². The van der Waals surface area contributed by atoms with Crippen molar-refractivity contribution in [3.05, 3.63) is 70.7 Å². The summed E-state index contributed by atoms with van der Waals surface area (Å²) in [4.78, 5) is 25.5. The second-order valence-electron chi connectivity index (χ2n) is 7.71. The minimum Gasteiger partial charge on any atom is -0.461 e. The quantitative estimate of drug-likeness (QED) is 0.480. The number of aryl methyl sites for hydroxylation is 1. The number of carbonyl (C=O) groups is 1. The predicted octanol–water partition coefficient (Wildman–Crippen LogP) is 2.61. The highest BCUT2D eigenvalue weighted by Crippen LogP contribution is 2.36. The van der Waals surface area contributed by atoms with Crippen LogP contribution in [-0.2, 0) is 13.6 Å². The minimum atomic E-state index is -0.336. The van der Waals surface area contributed by atoms with Gasteiger partial charge in [-0.25, -0.2) is 13.9 Å². The monoisotopic (exact) mass is 436 g/mol. The van der Waals surface area contributed by atoms with Crippen LogP contribution in [0.4, 0.5) is 4.39 Å². The average molecular weight is 436 g/mol. The Morgan fingerprint density at radius 1 is 1.22 bits per heavy atom. The lowest BCUT2D eigenvalue weighted by Crippen LogP contribution is -2.32. The topological polar surface area (TPSA) is 99.9 Å². The summed E-state index contributed by atoms with van der Waals surface area (Å²) in [5, 5.41) is 11.6. The molecule has 0 spiro atoms. The van der Waals surface area contributed by atoms with Crippen LogP contribution in [0.2, 0.25) is 0 Å². The number of hydrogen-bond donors (Lipinski definition) is 1. The van der Waals surface area contributed by atoms with Gasteiger partial charge < -0.3 is 9.73 Å². The van der Waals surface area contributed by atoms with Crippen LogP contribution in [0.3, 0.4) is 0 Å². The number of benzene rings is 1. The van der Waals surface area contributed by atoms with Gasteiger partial charge in [0.25, 0.3) is 5.91 Å². The van der Waals surface area contributed by atoms with Crippen LogP contribution >= 0.6 is 0 Å². The number of carbonyl (C=O) groups excluding carboxylic acids is 1. The largest absolute Gasteiger partial charge is 0.461 e. The maximum absolute atomic E-state index is 13.2. The third-order valence-electron chi connectivity index (χ3n) is 5.39. The molecule has 0 saturated heterocycles. The lowest BCUT2D eigenvalue weighted by atomic mass is 10.1. The molecule has 0 aliphatic heterocycles. The standard InChI is InChI=1S/C22H21FN6O3/c1-27-18(13-17(25-27)14-4-6-15(23)7-5-14)21(30)24-10-11-28-22(31)29(16-8-9-16)20(26-28)19-3-2-12-32-19/h2-7,12-13,16H,8-11H2,1H3,(H,24,30). The summed E-state index contributed by atoms with van der Waals surface area (Å²) >= 11 is 0. The van der Waals surface area contributed by atoms with E-state index in [2.05, 4.69) is 15.5 Å². The van der Waals surface area contributed by atoms with E-state index in [4.69, 9.17) is 4.42 Å². The van der Waals surface area contributed by atoms with E-state index in [1.165, 1.54) is 21.5 Å². The van der Waals surface area contributed by atoms with Gasteiger partial charge in [0.2, 0.25) is 5.82 Å². The SMILES string of the molecule is Cn1nc(-c2ccc(F)cc2)cc1C(=O)NCCn1nc(-c2ccco2)n(C2CC2)c1=O. The molecule has 1 aromatic carbocycles. The van der Waals surface area contributed by atoms with Gasteiger partial charge in [-0.3, -0.25) is 14.0 Å². The zero-order chi connectivity index (χ0) is 22.2. The van der Waals surface area contributed by atoms with E-state index in [9.17, 15) is 14.0 Å². The van der Waals surface area contributed by atoms with Crippen molar-refractivity contribution < 1.29 is 13.6 Å². The van der Waals surface area contributed by atoms with E-state index in [-0.39, 0.29) is 36.5 Å². The van der Waals surface area contributed by atoms with E-state index >= 15 is 0 Å². The summed E-state index contributed by atoms with van der Waals surface area (Å²) in [5.41, 5.74) is 1.42. The van der Waals surface area contributed by atoms with Crippen molar-refractivity contribution in [1.82, 2.24) is 29.4 Å². The molecule has 32 heavy (non-hydrogen) atoms. The summed E-state index contributed by atoms with van der Waals surface area (Å²) in [6.45, 7) is 0.440. The van der Waals surface area contributed by atoms with Crippen molar-refractivity contribution in [2.75, 3.05) is 6.54 Å². The van der Waals surface area contributed by atoms with Crippen LogP contribution in [0.15, 0.2) is 57.9 Å². The summed E-state index contributed by atoms with van der Waals surface area (Å²) in [5.74, 6) is 0.385. The molecular formula is C22H21FN6O3. The third kappa shape index (κ3) is 3.75. The highest BCUT2D eigenvalue weighted by molar-refractivity contribution is 5.93. The third-order valence-corrected chi connectivity index (χ3v) is 5.39. The average Bonchev–Trinajstić information content (AvgIpc) is 3.18. The molecule has 0 atom stereocenters. The second kappa shape index (κ2) is 7.95. The summed E-state index contributed by atoms with van der Waals surface area (Å²) in [6.07, 6.45) is 3.42. The normalized spacial score (nSPS) is 13.4. The Labute approximate surface area is 182 Å². The van der Waals surface area contributed by atoms with Crippen LogP contribution in [0.5, 0.6) is 0 Å². The van der Waals surface area contributed by atoms with Crippen molar-refractivity contribution in [3.63, 3.8) is 0 Å². The molecule has 0 radical (unpaired) electrons. The molecule has 164 valence electrons. The van der Waals surface area contributed by atoms with Gasteiger partial charge in [0.15, 0.2) is 5.76 Å². The van der Waals surface area contributed by atoms with Gasteiger partial charge in [0.05, 0.1) is 18.5 Å². The fraction of sp³-hybridized carbons (Fsp3) is 0.273. The number of hydrogen-bond acceptors (Lipinski definition) is 5. The molecule has 1 fully saturated rings. The van der Waals surface area contributed by atoms with Gasteiger partial charge in [-0.1, -0.05) is 0 Å². The first-order valence-corrected chi connectivity index (χ1v) is 10.3. The molecule has 5 rings (SSSR count). The lowest BCUT2D eigenvalue weighted by molar-refractivity contribution is 0.0942. The second-order valence-corrected chi connectivity index (χ2v) is 7.71. The van der Waals surface area contributed by atoms with Gasteiger partial charge in [-0.2, -0.15) is 5.10 Å². The highest BCUT2D eigenvalue weighted by Gasteiger charge is 2.31. The molecule has 10 heteroatoms. The molecule has 1 amide bonds. The van der Waals surface area contributed by atoms with E-state index < -0.39 is 0 Å². The summed E-state index contributed by atoms with van der Waals surface area (Å²) in [6, 6.07) is 11.2. The number of nitrogens with zero attached hydrogens (tertiary/aromatic N) is 5. The van der Waals surface area contributed by atoms with Crippen LogP contribution < -0.4 is 11.0 Å². The maximum Gasteiger partial charge on any atom is 0.346 e. The molecular weight excluding hydrogens is 415 g/mol. The molecule has 9 nitrogen and oxygen atoms in total. The molecule has 3 aromatic heterocycles. The fourth-order valence-corrected chi connectivity index (χ4v) is 3.61. The molecule has 1 aliphatic rings. The zero-order valence-electron chi connectivity index (χ0n) is 17.4. The molecule has 1 N–H and O–H groups in total. The minimum absolute atomic E-state index is 0.144. The Morgan fingerprint density at radius 2 is 2.00 bits per heavy atom. The van der Waals surface area contributed by atoms with Gasteiger partial charge >= 0.3 is 5.69 Å². The van der Waals surface area contributed by atoms with Crippen LogP contribution in [-0.4, -0.2) is 36.6 Å². The van der Waals surface area contributed by atoms with E-state index in [0.717, 1.165) is 12.8 Å². The lowest BCUT2D eigenvalue weighted by Gasteiger charge is -2.04. The highest BCUT2D eigenvalue weighted by atomic mass is 19.1. The molecule has 1 aliphatic carbocycles. The molecule has 1 saturated carbocycles. The van der Waals surface area contributed by atoms with Crippen LogP contribution in [0.25, 0.3) is 22.8 Å². The van der Waals surface area contributed by atoms with Gasteiger partial charge in [0.1, 0.15) is 11.5 Å². The molecule has 4 aromatic rings. The first-order chi connectivity index (χ1) is 15.5. The Kier molecular flexibility index (Phi) is 4.96. The smallest absolute Gasteiger partial charge is 0.346 e. The first-order valence-electron chi connectivity index (χ1n) is 10.3. The Balaban J connectivity index is 1.28. The van der Waals surface area contributed by atoms with E-state index in [0.29, 0.717) is 28.5 Å². The maximum atomic E-state index is 13.2. The Morgan fingerprint density at radius 3 is 2.69 bits per heavy atom. The van der Waals surface area contributed by atoms with Crippen molar-refractivity contribution in [1.29, 1.82) is 0 Å². The molecule has 0 unspecified atom stereocenters. The van der Waals surface area contributed by atoms with Crippen LogP contribution in [0.1, 0.15) is 29.4 Å². The van der Waals surface area contributed by atoms with Gasteiger partial charge in [0, 0.05) is 25.2 Å². The van der Waals surface area contributed by atoms with Crippen molar-refractivity contribution in [3.8, 4) is 22.8 Å². The number of halogens is 1. The number of furan rings is 1.